The van der Waals surface area contributed by atoms with Gasteiger partial charge in [0.25, 0.3) is 0 Å². The van der Waals surface area contributed by atoms with Crippen LogP contribution in [0.3, 0.4) is 0 Å². The number of rotatable bonds is 8. The van der Waals surface area contributed by atoms with Crippen molar-refractivity contribution in [2.24, 2.45) is 10.8 Å². The Morgan fingerprint density at radius 1 is 0.907 bits per heavy atom. The number of carbonyl (C=O) groups is 1. The zero-order chi connectivity index (χ0) is 30.1. The molecule has 6 aliphatic rings. The van der Waals surface area contributed by atoms with Gasteiger partial charge in [0.15, 0.2) is 0 Å². The lowest BCUT2D eigenvalue weighted by atomic mass is 9.41. The first-order valence-electron chi connectivity index (χ1n) is 15.3. The second-order valence-electron chi connectivity index (χ2n) is 13.6. The Morgan fingerprint density at radius 3 is 2.14 bits per heavy atom. The fraction of sp³-hybridized carbons (Fsp3) is 0.486. The Balaban J connectivity index is 1.14. The second-order valence-corrected chi connectivity index (χ2v) is 13.6. The first-order valence-corrected chi connectivity index (χ1v) is 15.3. The highest BCUT2D eigenvalue weighted by Gasteiger charge is 2.73. The predicted molar refractivity (Wildman–Crippen MR) is 157 cm³/mol. The van der Waals surface area contributed by atoms with Gasteiger partial charge in [-0.05, 0) is 118 Å². The Hall–Kier alpha value is -3.42. The van der Waals surface area contributed by atoms with Crippen molar-refractivity contribution in [3.8, 4) is 16.9 Å². The molecule has 0 unspecified atom stereocenters. The molecular formula is C35H36F4N2O2. The largest absolute Gasteiger partial charge is 0.494 e. The number of fused-ring (bicyclic) bond motifs is 3. The number of ether oxygens (including phenoxy) is 1. The van der Waals surface area contributed by atoms with Crippen LogP contribution in [0.1, 0.15) is 76.0 Å². The van der Waals surface area contributed by atoms with E-state index in [2.05, 4.69) is 11.1 Å². The summed E-state index contributed by atoms with van der Waals surface area (Å²) in [7, 11) is 0. The van der Waals surface area contributed by atoms with Crippen molar-refractivity contribution < 1.29 is 27.1 Å². The van der Waals surface area contributed by atoms with Crippen LogP contribution in [0.5, 0.6) is 5.75 Å². The van der Waals surface area contributed by atoms with Crippen LogP contribution >= 0.6 is 0 Å². The smallest absolute Gasteiger partial charge is 0.417 e. The number of hydrogen-bond acceptors (Lipinski definition) is 3. The van der Waals surface area contributed by atoms with Crippen LogP contribution in [-0.4, -0.2) is 29.7 Å². The van der Waals surface area contributed by atoms with Gasteiger partial charge in [-0.25, -0.2) is 4.39 Å². The number of aromatic nitrogens is 1. The number of anilines is 1. The van der Waals surface area contributed by atoms with Crippen molar-refractivity contribution in [2.45, 2.75) is 82.0 Å². The molecule has 43 heavy (non-hydrogen) atoms. The lowest BCUT2D eigenvalue weighted by Crippen LogP contribution is -2.71. The summed E-state index contributed by atoms with van der Waals surface area (Å²) in [4.78, 5) is 20.4. The molecule has 6 saturated carbocycles. The molecule has 0 saturated heterocycles. The lowest BCUT2D eigenvalue weighted by Gasteiger charge is -2.65. The molecule has 1 amide bonds. The molecule has 9 rings (SSSR count). The van der Waals surface area contributed by atoms with Gasteiger partial charge in [0.05, 0.1) is 17.6 Å². The summed E-state index contributed by atoms with van der Waals surface area (Å²) in [6, 6.07) is 18.7. The number of alkyl halides is 4. The summed E-state index contributed by atoms with van der Waals surface area (Å²) in [6.45, 7) is 3.11. The fourth-order valence-corrected chi connectivity index (χ4v) is 8.32. The third-order valence-corrected chi connectivity index (χ3v) is 10.9. The van der Waals surface area contributed by atoms with Crippen LogP contribution in [0.2, 0.25) is 0 Å². The van der Waals surface area contributed by atoms with Gasteiger partial charge < -0.3 is 9.64 Å². The molecule has 0 radical (unpaired) electrons. The number of nitrogens with zero attached hydrogens (tertiary/aromatic N) is 2. The first-order chi connectivity index (χ1) is 20.5. The van der Waals surface area contributed by atoms with Crippen LogP contribution in [0.15, 0.2) is 66.9 Å². The predicted octanol–water partition coefficient (Wildman–Crippen LogP) is 8.68. The molecule has 8 heteroatoms. The maximum Gasteiger partial charge on any atom is 0.417 e. The maximum atomic E-state index is 14.6. The molecule has 1 heterocycles. The highest BCUT2D eigenvalue weighted by atomic mass is 19.4. The van der Waals surface area contributed by atoms with Crippen LogP contribution in [-0.2, 0) is 16.4 Å². The van der Waals surface area contributed by atoms with E-state index >= 15 is 0 Å². The van der Waals surface area contributed by atoms with Crippen LogP contribution in [0.4, 0.5) is 23.2 Å². The van der Waals surface area contributed by atoms with Crippen molar-refractivity contribution in [3.05, 3.63) is 78.1 Å². The quantitative estimate of drug-likeness (QED) is 0.246. The zero-order valence-electron chi connectivity index (χ0n) is 24.4. The molecule has 2 aromatic carbocycles. The molecule has 6 fully saturated rings. The van der Waals surface area contributed by atoms with E-state index in [1.165, 1.54) is 0 Å². The zero-order valence-corrected chi connectivity index (χ0v) is 24.4. The second kappa shape index (κ2) is 9.80. The molecule has 4 nitrogen and oxygen atoms in total. The number of pyridine rings is 1. The highest BCUT2D eigenvalue weighted by Crippen LogP contribution is 2.70. The standard InChI is InChI=1S/C35H36F4N2O2/c1-2-43-28-9-6-24(7-10-28)25-4-3-5-27(18-25)41(30(42)33-20-34(36,21-33)22-33)23-31-12-15-32(16-13-31,17-14-31)29-11-8-26(19-40-29)35(37,38)39/h3-11,18-19H,2,12-17,20-23H2,1H3. The van der Waals surface area contributed by atoms with Crippen molar-refractivity contribution in [1.29, 1.82) is 0 Å². The van der Waals surface area contributed by atoms with E-state index in [0.717, 1.165) is 79.0 Å². The molecule has 6 aliphatic carbocycles. The molecule has 1 aromatic heterocycles. The molecule has 3 aromatic rings. The van der Waals surface area contributed by atoms with Gasteiger partial charge in [0, 0.05) is 29.5 Å². The van der Waals surface area contributed by atoms with Gasteiger partial charge in [-0.15, -0.1) is 0 Å². The van der Waals surface area contributed by atoms with E-state index in [1.54, 1.807) is 6.07 Å². The average Bonchev–Trinajstić information content (AvgIpc) is 2.99. The van der Waals surface area contributed by atoms with Gasteiger partial charge in [-0.3, -0.25) is 9.78 Å². The minimum Gasteiger partial charge on any atom is -0.494 e. The Labute approximate surface area is 249 Å². The monoisotopic (exact) mass is 592 g/mol. The van der Waals surface area contributed by atoms with Crippen molar-refractivity contribution in [3.63, 3.8) is 0 Å². The molecule has 226 valence electrons. The van der Waals surface area contributed by atoms with E-state index < -0.39 is 22.8 Å². The fourth-order valence-electron chi connectivity index (χ4n) is 8.32. The first kappa shape index (κ1) is 28.4. The van der Waals surface area contributed by atoms with E-state index in [1.807, 2.05) is 54.3 Å². The summed E-state index contributed by atoms with van der Waals surface area (Å²) in [6.07, 6.45) is 2.60. The number of carbonyl (C=O) groups excluding carboxylic acids is 1. The van der Waals surface area contributed by atoms with Crippen molar-refractivity contribution in [1.82, 2.24) is 4.98 Å². The van der Waals surface area contributed by atoms with E-state index in [4.69, 9.17) is 4.74 Å². The molecule has 0 atom stereocenters. The van der Waals surface area contributed by atoms with E-state index in [-0.39, 0.29) is 16.7 Å². The molecule has 0 spiro atoms. The molecule has 0 aliphatic heterocycles. The minimum absolute atomic E-state index is 0.0251. The Kier molecular flexibility index (Phi) is 6.46. The Morgan fingerprint density at radius 2 is 1.58 bits per heavy atom. The van der Waals surface area contributed by atoms with Gasteiger partial charge >= 0.3 is 6.18 Å². The SMILES string of the molecule is CCOc1ccc(-c2cccc(N(CC34CCC(c5ccc(C(F)(F)F)cn5)(CC3)CC4)C(=O)C34CC(F)(C3)C4)c2)cc1. The highest BCUT2D eigenvalue weighted by molar-refractivity contribution is 6.00. The number of hydrogen-bond donors (Lipinski definition) is 0. The van der Waals surface area contributed by atoms with Gasteiger partial charge in [-0.2, -0.15) is 13.2 Å². The topological polar surface area (TPSA) is 42.4 Å². The molecule has 4 bridgehead atoms. The van der Waals surface area contributed by atoms with E-state index in [9.17, 15) is 22.4 Å². The van der Waals surface area contributed by atoms with Gasteiger partial charge in [0.1, 0.15) is 11.4 Å². The molecule has 0 N–H and O–H groups in total. The summed E-state index contributed by atoms with van der Waals surface area (Å²) in [5.41, 5.74) is 0.785. The van der Waals surface area contributed by atoms with E-state index in [0.29, 0.717) is 32.4 Å². The van der Waals surface area contributed by atoms with Gasteiger partial charge in [0.2, 0.25) is 5.91 Å². The summed E-state index contributed by atoms with van der Waals surface area (Å²) >= 11 is 0. The number of benzene rings is 2. The molecular weight excluding hydrogens is 556 g/mol. The number of amides is 1. The van der Waals surface area contributed by atoms with Crippen LogP contribution < -0.4 is 9.64 Å². The normalized spacial score (nSPS) is 30.7. The third kappa shape index (κ3) is 4.81. The lowest BCUT2D eigenvalue weighted by molar-refractivity contribution is -0.211. The summed E-state index contributed by atoms with van der Waals surface area (Å²) in [5, 5.41) is 0. The summed E-state index contributed by atoms with van der Waals surface area (Å²) < 4.78 is 59.5. The van der Waals surface area contributed by atoms with Crippen LogP contribution in [0.25, 0.3) is 11.1 Å². The van der Waals surface area contributed by atoms with Gasteiger partial charge in [-0.1, -0.05) is 24.3 Å². The van der Waals surface area contributed by atoms with Crippen molar-refractivity contribution >= 4 is 11.6 Å². The summed E-state index contributed by atoms with van der Waals surface area (Å²) in [5.74, 6) is 0.830. The Bertz CT molecular complexity index is 1490. The van der Waals surface area contributed by atoms with Crippen molar-refractivity contribution in [2.75, 3.05) is 18.1 Å². The average molecular weight is 593 g/mol. The van der Waals surface area contributed by atoms with Crippen LogP contribution in [0, 0.1) is 10.8 Å². The number of halogens is 4. The maximum absolute atomic E-state index is 14.6. The minimum atomic E-state index is -4.40. The third-order valence-electron chi connectivity index (χ3n) is 10.9.